The summed E-state index contributed by atoms with van der Waals surface area (Å²) in [5.41, 5.74) is 2.04. The van der Waals surface area contributed by atoms with Crippen LogP contribution in [-0.2, 0) is 10.2 Å². The van der Waals surface area contributed by atoms with E-state index in [1.807, 2.05) is 13.0 Å². The second kappa shape index (κ2) is 5.27. The monoisotopic (exact) mass is 314 g/mol. The van der Waals surface area contributed by atoms with Crippen LogP contribution in [0.5, 0.6) is 0 Å². The number of hydrogen-bond acceptors (Lipinski definition) is 3. The molecule has 1 aromatic rings. The van der Waals surface area contributed by atoms with Crippen LogP contribution in [0.25, 0.3) is 0 Å². The van der Waals surface area contributed by atoms with Crippen molar-refractivity contribution < 1.29 is 14.7 Å². The van der Waals surface area contributed by atoms with Crippen LogP contribution in [0.1, 0.15) is 74.4 Å². The van der Waals surface area contributed by atoms with Crippen LogP contribution in [0.3, 0.4) is 0 Å². The fourth-order valence-electron chi connectivity index (χ4n) is 4.65. The first-order valence-corrected chi connectivity index (χ1v) is 8.56. The van der Waals surface area contributed by atoms with E-state index in [1.54, 1.807) is 0 Å². The van der Waals surface area contributed by atoms with E-state index in [2.05, 4.69) is 32.9 Å². The molecule has 0 amide bonds. The minimum atomic E-state index is -0.808. The van der Waals surface area contributed by atoms with Gasteiger partial charge in [-0.25, -0.2) is 0 Å². The first kappa shape index (κ1) is 16.4. The summed E-state index contributed by atoms with van der Waals surface area (Å²) in [6.45, 7) is 8.07. The number of fused-ring (bicyclic) bond motifs is 3. The maximum Gasteiger partial charge on any atom is 0.163 e. The molecule has 1 N–H and O–H groups in total. The predicted octanol–water partition coefficient (Wildman–Crippen LogP) is 3.63. The Morgan fingerprint density at radius 3 is 2.57 bits per heavy atom. The van der Waals surface area contributed by atoms with Crippen LogP contribution in [0.2, 0.25) is 0 Å². The number of carbonyl (C=O) groups is 2. The zero-order valence-corrected chi connectivity index (χ0v) is 14.5. The first-order valence-electron chi connectivity index (χ1n) is 8.56. The van der Waals surface area contributed by atoms with Gasteiger partial charge in [-0.05, 0) is 40.9 Å². The summed E-state index contributed by atoms with van der Waals surface area (Å²) in [4.78, 5) is 25.2. The van der Waals surface area contributed by atoms with Gasteiger partial charge in [0.15, 0.2) is 5.78 Å². The molecule has 0 saturated heterocycles. The van der Waals surface area contributed by atoms with Crippen molar-refractivity contribution in [2.45, 2.75) is 58.3 Å². The van der Waals surface area contributed by atoms with Crippen molar-refractivity contribution >= 4 is 11.6 Å². The van der Waals surface area contributed by atoms with E-state index in [4.69, 9.17) is 0 Å². The van der Waals surface area contributed by atoms with Crippen molar-refractivity contribution in [1.29, 1.82) is 0 Å². The van der Waals surface area contributed by atoms with Gasteiger partial charge in [0.1, 0.15) is 5.78 Å². The van der Waals surface area contributed by atoms with Crippen molar-refractivity contribution in [3.8, 4) is 0 Å². The molecule has 1 aromatic carbocycles. The highest BCUT2D eigenvalue weighted by molar-refractivity contribution is 6.01. The van der Waals surface area contributed by atoms with Crippen LogP contribution in [0.15, 0.2) is 18.2 Å². The number of ketones is 2. The molecule has 1 fully saturated rings. The summed E-state index contributed by atoms with van der Waals surface area (Å²) >= 11 is 0. The zero-order chi connectivity index (χ0) is 17.0. The van der Waals surface area contributed by atoms with E-state index < -0.39 is 5.41 Å². The Hall–Kier alpha value is -1.48. The van der Waals surface area contributed by atoms with Gasteiger partial charge in [0.2, 0.25) is 0 Å². The number of carbonyl (C=O) groups excluding carboxylic acids is 2. The molecule has 3 unspecified atom stereocenters. The van der Waals surface area contributed by atoms with Gasteiger partial charge in [-0.1, -0.05) is 39.8 Å². The summed E-state index contributed by atoms with van der Waals surface area (Å²) in [5.74, 6) is 0.470. The topological polar surface area (TPSA) is 54.4 Å². The average molecular weight is 314 g/mol. The molecular weight excluding hydrogens is 288 g/mol. The van der Waals surface area contributed by atoms with Crippen molar-refractivity contribution in [3.05, 3.63) is 34.9 Å². The molecule has 3 rings (SSSR count). The van der Waals surface area contributed by atoms with Gasteiger partial charge in [0.25, 0.3) is 0 Å². The first-order chi connectivity index (χ1) is 10.7. The van der Waals surface area contributed by atoms with Crippen molar-refractivity contribution in [1.82, 2.24) is 0 Å². The molecule has 0 heterocycles. The van der Waals surface area contributed by atoms with E-state index in [0.717, 1.165) is 17.5 Å². The summed E-state index contributed by atoms with van der Waals surface area (Å²) in [5, 5.41) is 9.89. The molecule has 3 nitrogen and oxygen atoms in total. The molecule has 2 aliphatic rings. The number of hydrogen-bond donors (Lipinski definition) is 1. The van der Waals surface area contributed by atoms with Gasteiger partial charge in [0, 0.05) is 18.4 Å². The molecule has 0 spiro atoms. The summed E-state index contributed by atoms with van der Waals surface area (Å²) < 4.78 is 0. The number of Topliss-reactive ketones (excluding diaryl/α,β-unsaturated/α-hetero) is 2. The third-order valence-electron chi connectivity index (χ3n) is 6.39. The molecule has 0 aliphatic heterocycles. The number of aliphatic hydroxyl groups excluding tert-OH is 1. The quantitative estimate of drug-likeness (QED) is 0.907. The van der Waals surface area contributed by atoms with E-state index >= 15 is 0 Å². The molecule has 0 bridgehead atoms. The summed E-state index contributed by atoms with van der Waals surface area (Å²) in [7, 11) is 0. The average Bonchev–Trinajstić information content (AvgIpc) is 2.53. The van der Waals surface area contributed by atoms with E-state index in [0.29, 0.717) is 18.8 Å². The predicted molar refractivity (Wildman–Crippen MR) is 89.8 cm³/mol. The highest BCUT2D eigenvalue weighted by atomic mass is 16.3. The lowest BCUT2D eigenvalue weighted by Gasteiger charge is -2.53. The molecule has 2 aliphatic carbocycles. The van der Waals surface area contributed by atoms with Gasteiger partial charge >= 0.3 is 0 Å². The second-order valence-corrected chi connectivity index (χ2v) is 8.06. The molecule has 3 atom stereocenters. The molecule has 1 saturated carbocycles. The highest BCUT2D eigenvalue weighted by Gasteiger charge is 2.57. The van der Waals surface area contributed by atoms with Gasteiger partial charge in [-0.3, -0.25) is 9.59 Å². The largest absolute Gasteiger partial charge is 0.395 e. The van der Waals surface area contributed by atoms with Gasteiger partial charge in [-0.15, -0.1) is 0 Å². The smallest absolute Gasteiger partial charge is 0.163 e. The Balaban J connectivity index is 2.16. The molecule has 0 radical (unpaired) electrons. The van der Waals surface area contributed by atoms with Gasteiger partial charge in [-0.2, -0.15) is 0 Å². The van der Waals surface area contributed by atoms with Crippen LogP contribution in [0.4, 0.5) is 0 Å². The fraction of sp³-hybridized carbons (Fsp3) is 0.600. The maximum atomic E-state index is 12.8. The van der Waals surface area contributed by atoms with E-state index in [-0.39, 0.29) is 29.5 Å². The van der Waals surface area contributed by atoms with Gasteiger partial charge < -0.3 is 5.11 Å². The van der Waals surface area contributed by atoms with E-state index in [1.165, 1.54) is 5.56 Å². The lowest BCUT2D eigenvalue weighted by Crippen LogP contribution is -2.56. The van der Waals surface area contributed by atoms with Gasteiger partial charge in [0.05, 0.1) is 12.0 Å². The fourth-order valence-corrected chi connectivity index (χ4v) is 4.65. The Labute approximate surface area is 138 Å². The molecule has 0 aromatic heterocycles. The third-order valence-corrected chi connectivity index (χ3v) is 6.39. The van der Waals surface area contributed by atoms with Crippen LogP contribution < -0.4 is 0 Å². The Morgan fingerprint density at radius 1 is 1.26 bits per heavy atom. The SMILES string of the molecule is CC(C)c1ccc2c(c1)C(=O)CC1C(C)(CO)C(=O)CCC21C. The summed E-state index contributed by atoms with van der Waals surface area (Å²) in [6.07, 6.45) is 1.59. The van der Waals surface area contributed by atoms with Crippen molar-refractivity contribution in [2.75, 3.05) is 6.61 Å². The minimum Gasteiger partial charge on any atom is -0.395 e. The Morgan fingerprint density at radius 2 is 1.96 bits per heavy atom. The summed E-state index contributed by atoms with van der Waals surface area (Å²) in [6, 6.07) is 6.23. The number of rotatable bonds is 2. The number of benzene rings is 1. The lowest BCUT2D eigenvalue weighted by atomic mass is 9.49. The van der Waals surface area contributed by atoms with Crippen molar-refractivity contribution in [2.24, 2.45) is 11.3 Å². The minimum absolute atomic E-state index is 0.0949. The van der Waals surface area contributed by atoms with E-state index in [9.17, 15) is 14.7 Å². The second-order valence-electron chi connectivity index (χ2n) is 8.06. The molecular formula is C20H26O3. The standard InChI is InChI=1S/C20H26O3/c1-12(2)13-5-6-15-14(9-13)16(22)10-17-19(15,3)8-7-18(23)20(17,4)11-21/h5-6,9,12,17,21H,7-8,10-11H2,1-4H3. The molecule has 124 valence electrons. The third kappa shape index (κ3) is 2.20. The lowest BCUT2D eigenvalue weighted by molar-refractivity contribution is -0.141. The molecule has 23 heavy (non-hydrogen) atoms. The maximum absolute atomic E-state index is 12.8. The van der Waals surface area contributed by atoms with Crippen molar-refractivity contribution in [3.63, 3.8) is 0 Å². The highest BCUT2D eigenvalue weighted by Crippen LogP contribution is 2.55. The van der Waals surface area contributed by atoms with Crippen LogP contribution >= 0.6 is 0 Å². The zero-order valence-electron chi connectivity index (χ0n) is 14.5. The Kier molecular flexibility index (Phi) is 3.75. The van der Waals surface area contributed by atoms with Crippen LogP contribution in [0, 0.1) is 11.3 Å². The van der Waals surface area contributed by atoms with Crippen LogP contribution in [-0.4, -0.2) is 23.3 Å². The number of aliphatic hydroxyl groups is 1. The normalized spacial score (nSPS) is 33.6. The molecule has 3 heteroatoms. The Bertz CT molecular complexity index is 675.